The fourth-order valence-electron chi connectivity index (χ4n) is 2.19. The van der Waals surface area contributed by atoms with E-state index in [-0.39, 0.29) is 10.8 Å². The van der Waals surface area contributed by atoms with Crippen LogP contribution in [-0.2, 0) is 13.1 Å². The summed E-state index contributed by atoms with van der Waals surface area (Å²) in [7, 11) is 0. The van der Waals surface area contributed by atoms with Crippen molar-refractivity contribution in [2.24, 2.45) is 0 Å². The summed E-state index contributed by atoms with van der Waals surface area (Å²) in [6, 6.07) is 5.54. The van der Waals surface area contributed by atoms with Crippen LogP contribution >= 0.6 is 11.6 Å². The van der Waals surface area contributed by atoms with Crippen molar-refractivity contribution in [3.63, 3.8) is 0 Å². The van der Waals surface area contributed by atoms with Crippen LogP contribution in [0.5, 0.6) is 0 Å². The lowest BCUT2D eigenvalue weighted by Crippen LogP contribution is -2.16. The Morgan fingerprint density at radius 3 is 2.95 bits per heavy atom. The molecule has 0 spiro atoms. The van der Waals surface area contributed by atoms with E-state index in [4.69, 9.17) is 11.6 Å². The van der Waals surface area contributed by atoms with Crippen molar-refractivity contribution >= 4 is 11.6 Å². The molecule has 3 rings (SSSR count). The first-order chi connectivity index (χ1) is 9.65. The molecular weight excluding hydrogens is 277 g/mol. The topological polar surface area (TPSA) is 29.9 Å². The van der Waals surface area contributed by atoms with Gasteiger partial charge in [-0.15, -0.1) is 0 Å². The lowest BCUT2D eigenvalue weighted by atomic mass is 10.2. The SMILES string of the molecule is Cc1c(CNC2CC2)cnn1Cc1cccc(F)c1Cl. The fraction of sp³-hybridized carbons (Fsp3) is 0.400. The summed E-state index contributed by atoms with van der Waals surface area (Å²) in [5.41, 5.74) is 3.03. The third-order valence-corrected chi connectivity index (χ3v) is 4.14. The molecular formula is C15H17ClFN3. The number of rotatable bonds is 5. The Hall–Kier alpha value is -1.39. The summed E-state index contributed by atoms with van der Waals surface area (Å²) in [5.74, 6) is -0.385. The summed E-state index contributed by atoms with van der Waals surface area (Å²) < 4.78 is 15.3. The molecule has 0 radical (unpaired) electrons. The Kier molecular flexibility index (Phi) is 3.76. The van der Waals surface area contributed by atoms with Crippen LogP contribution in [0.2, 0.25) is 5.02 Å². The van der Waals surface area contributed by atoms with Crippen molar-refractivity contribution in [3.05, 3.63) is 52.1 Å². The van der Waals surface area contributed by atoms with E-state index < -0.39 is 0 Å². The van der Waals surface area contributed by atoms with Crippen LogP contribution in [0.1, 0.15) is 29.7 Å². The third-order valence-electron chi connectivity index (χ3n) is 3.72. The van der Waals surface area contributed by atoms with Gasteiger partial charge in [0.15, 0.2) is 0 Å². The highest BCUT2D eigenvalue weighted by atomic mass is 35.5. The zero-order chi connectivity index (χ0) is 14.1. The first-order valence-electron chi connectivity index (χ1n) is 6.82. The van der Waals surface area contributed by atoms with Crippen molar-refractivity contribution in [2.45, 2.75) is 38.9 Å². The Morgan fingerprint density at radius 2 is 2.20 bits per heavy atom. The van der Waals surface area contributed by atoms with E-state index in [1.54, 1.807) is 6.07 Å². The number of nitrogens with one attached hydrogen (secondary N) is 1. The molecule has 0 aliphatic heterocycles. The van der Waals surface area contributed by atoms with Gasteiger partial charge in [0.1, 0.15) is 5.82 Å². The number of hydrogen-bond acceptors (Lipinski definition) is 2. The third kappa shape index (κ3) is 2.86. The van der Waals surface area contributed by atoms with Gasteiger partial charge >= 0.3 is 0 Å². The second-order valence-electron chi connectivity index (χ2n) is 5.28. The first-order valence-corrected chi connectivity index (χ1v) is 7.20. The second-order valence-corrected chi connectivity index (χ2v) is 5.66. The molecule has 0 saturated heterocycles. The van der Waals surface area contributed by atoms with E-state index in [9.17, 15) is 4.39 Å². The molecule has 0 unspecified atom stereocenters. The maximum absolute atomic E-state index is 13.4. The van der Waals surface area contributed by atoms with Gasteiger partial charge in [0.05, 0.1) is 17.8 Å². The minimum Gasteiger partial charge on any atom is -0.310 e. The molecule has 1 saturated carbocycles. The van der Waals surface area contributed by atoms with Gasteiger partial charge < -0.3 is 5.32 Å². The molecule has 1 aromatic heterocycles. The fourth-order valence-corrected chi connectivity index (χ4v) is 2.38. The maximum atomic E-state index is 13.4. The van der Waals surface area contributed by atoms with E-state index in [2.05, 4.69) is 10.4 Å². The second kappa shape index (κ2) is 5.54. The average molecular weight is 294 g/mol. The molecule has 2 aromatic rings. The van der Waals surface area contributed by atoms with Crippen molar-refractivity contribution in [1.29, 1.82) is 0 Å². The first kappa shape index (κ1) is 13.6. The molecule has 1 fully saturated rings. The summed E-state index contributed by atoms with van der Waals surface area (Å²) in [6.45, 7) is 3.36. The molecule has 1 N–H and O–H groups in total. The highest BCUT2D eigenvalue weighted by Crippen LogP contribution is 2.22. The van der Waals surface area contributed by atoms with Crippen molar-refractivity contribution < 1.29 is 4.39 Å². The van der Waals surface area contributed by atoms with Crippen molar-refractivity contribution in [3.8, 4) is 0 Å². The molecule has 1 heterocycles. The van der Waals surface area contributed by atoms with Crippen LogP contribution in [0.3, 0.4) is 0 Å². The van der Waals surface area contributed by atoms with E-state index in [0.29, 0.717) is 12.6 Å². The minimum atomic E-state index is -0.385. The number of benzene rings is 1. The summed E-state index contributed by atoms with van der Waals surface area (Å²) in [6.07, 6.45) is 4.41. The normalized spacial score (nSPS) is 14.8. The van der Waals surface area contributed by atoms with Gasteiger partial charge in [-0.2, -0.15) is 5.10 Å². The van der Waals surface area contributed by atoms with Gasteiger partial charge in [0.25, 0.3) is 0 Å². The van der Waals surface area contributed by atoms with Crippen LogP contribution in [0.4, 0.5) is 4.39 Å². The maximum Gasteiger partial charge on any atom is 0.142 e. The van der Waals surface area contributed by atoms with Gasteiger partial charge in [-0.25, -0.2) is 4.39 Å². The largest absolute Gasteiger partial charge is 0.310 e. The van der Waals surface area contributed by atoms with Gasteiger partial charge in [0.2, 0.25) is 0 Å². The van der Waals surface area contributed by atoms with Crippen LogP contribution in [0.15, 0.2) is 24.4 Å². The molecule has 1 aliphatic rings. The smallest absolute Gasteiger partial charge is 0.142 e. The molecule has 3 nitrogen and oxygen atoms in total. The van der Waals surface area contributed by atoms with E-state index >= 15 is 0 Å². The van der Waals surface area contributed by atoms with Crippen LogP contribution in [0, 0.1) is 12.7 Å². The molecule has 20 heavy (non-hydrogen) atoms. The summed E-state index contributed by atoms with van der Waals surface area (Å²) in [5, 5.41) is 8.03. The minimum absolute atomic E-state index is 0.181. The Morgan fingerprint density at radius 1 is 1.40 bits per heavy atom. The molecule has 1 aromatic carbocycles. The van der Waals surface area contributed by atoms with Crippen molar-refractivity contribution in [1.82, 2.24) is 15.1 Å². The summed E-state index contributed by atoms with van der Waals surface area (Å²) in [4.78, 5) is 0. The quantitative estimate of drug-likeness (QED) is 0.917. The standard InChI is InChI=1S/C15H17ClFN3/c1-10-12(7-18-13-5-6-13)8-19-20(10)9-11-3-2-4-14(17)15(11)16/h2-4,8,13,18H,5-7,9H2,1H3. The Bertz CT molecular complexity index is 620. The highest BCUT2D eigenvalue weighted by molar-refractivity contribution is 6.31. The average Bonchev–Trinajstić information content (AvgIpc) is 3.20. The Balaban J connectivity index is 1.75. The highest BCUT2D eigenvalue weighted by Gasteiger charge is 2.20. The number of hydrogen-bond donors (Lipinski definition) is 1. The van der Waals surface area contributed by atoms with E-state index in [1.165, 1.54) is 24.5 Å². The zero-order valence-corrected chi connectivity index (χ0v) is 12.1. The zero-order valence-electron chi connectivity index (χ0n) is 11.4. The van der Waals surface area contributed by atoms with Crippen LogP contribution < -0.4 is 5.32 Å². The number of nitrogens with zero attached hydrogens (tertiary/aromatic N) is 2. The number of aromatic nitrogens is 2. The lowest BCUT2D eigenvalue weighted by molar-refractivity contribution is 0.616. The molecule has 5 heteroatoms. The molecule has 0 amide bonds. The molecule has 0 bridgehead atoms. The van der Waals surface area contributed by atoms with Gasteiger partial charge in [-0.05, 0) is 31.4 Å². The molecule has 106 valence electrons. The van der Waals surface area contributed by atoms with Crippen molar-refractivity contribution in [2.75, 3.05) is 0 Å². The monoisotopic (exact) mass is 293 g/mol. The van der Waals surface area contributed by atoms with E-state index in [0.717, 1.165) is 17.8 Å². The molecule has 1 aliphatic carbocycles. The van der Waals surface area contributed by atoms with Gasteiger partial charge in [0, 0.05) is 23.8 Å². The van der Waals surface area contributed by atoms with Gasteiger partial charge in [-0.1, -0.05) is 23.7 Å². The van der Waals surface area contributed by atoms with Crippen LogP contribution in [0.25, 0.3) is 0 Å². The molecule has 0 atom stereocenters. The van der Waals surface area contributed by atoms with Gasteiger partial charge in [-0.3, -0.25) is 4.68 Å². The Labute approximate surface area is 122 Å². The lowest BCUT2D eigenvalue weighted by Gasteiger charge is -2.08. The summed E-state index contributed by atoms with van der Waals surface area (Å²) >= 11 is 5.98. The predicted molar refractivity (Wildman–Crippen MR) is 77.3 cm³/mol. The van der Waals surface area contributed by atoms with Crippen LogP contribution in [-0.4, -0.2) is 15.8 Å². The van der Waals surface area contributed by atoms with E-state index in [1.807, 2.05) is 23.9 Å². The predicted octanol–water partition coefficient (Wildman–Crippen LogP) is 3.28. The number of halogens is 2.